The van der Waals surface area contributed by atoms with Gasteiger partial charge < -0.3 is 9.15 Å². The number of nitro groups is 1. The van der Waals surface area contributed by atoms with Gasteiger partial charge in [-0.2, -0.15) is 0 Å². The number of nitrogens with one attached hydrogen (secondary N) is 2. The molecule has 0 fully saturated rings. The molecule has 0 saturated heterocycles. The Morgan fingerprint density at radius 3 is 2.59 bits per heavy atom. The van der Waals surface area contributed by atoms with Crippen LogP contribution in [-0.4, -0.2) is 17.4 Å². The maximum absolute atomic E-state index is 11.6. The first-order chi connectivity index (χ1) is 10.6. The summed E-state index contributed by atoms with van der Waals surface area (Å²) in [5.41, 5.74) is 5.33. The molecule has 22 heavy (non-hydrogen) atoms. The van der Waals surface area contributed by atoms with Gasteiger partial charge in [-0.15, -0.1) is 0 Å². The van der Waals surface area contributed by atoms with E-state index in [1.54, 1.807) is 12.1 Å². The summed E-state index contributed by atoms with van der Waals surface area (Å²) in [6.07, 6.45) is 1.49. The van der Waals surface area contributed by atoms with Gasteiger partial charge in [0.1, 0.15) is 5.75 Å². The Labute approximate surface area is 125 Å². The highest BCUT2D eigenvalue weighted by Gasteiger charge is 2.07. The maximum Gasteiger partial charge on any atom is 0.276 e. The van der Waals surface area contributed by atoms with Gasteiger partial charge in [-0.05, 0) is 24.3 Å². The van der Waals surface area contributed by atoms with Gasteiger partial charge in [0.2, 0.25) is 0 Å². The molecule has 0 bridgehead atoms. The largest absolute Gasteiger partial charge is 0.484 e. The van der Waals surface area contributed by atoms with Crippen LogP contribution < -0.4 is 15.6 Å². The first kappa shape index (κ1) is 15.1. The molecule has 1 aromatic carbocycles. The summed E-state index contributed by atoms with van der Waals surface area (Å²) in [6.45, 7) is 3.44. The molecule has 8 nitrogen and oxygen atoms in total. The van der Waals surface area contributed by atoms with Crippen LogP contribution >= 0.6 is 0 Å². The zero-order chi connectivity index (χ0) is 15.9. The number of hydrogen-bond acceptors (Lipinski definition) is 6. The number of carbonyl (C=O) groups excluding carboxylic acids is 1. The molecular formula is C14H13N3O5. The molecule has 114 valence electrons. The first-order valence-corrected chi connectivity index (χ1v) is 6.21. The number of non-ortho nitro benzene ring substituents is 1. The van der Waals surface area contributed by atoms with E-state index in [4.69, 9.17) is 9.15 Å². The third kappa shape index (κ3) is 4.10. The molecule has 2 rings (SSSR count). The van der Waals surface area contributed by atoms with E-state index < -0.39 is 10.8 Å². The fourth-order valence-corrected chi connectivity index (χ4v) is 1.51. The van der Waals surface area contributed by atoms with E-state index in [0.29, 0.717) is 17.2 Å². The molecule has 0 aliphatic carbocycles. The number of amides is 1. The molecule has 2 N–H and O–H groups in total. The number of ether oxygens (including phenoxy) is 1. The highest BCUT2D eigenvalue weighted by atomic mass is 16.6. The van der Waals surface area contributed by atoms with Crippen molar-refractivity contribution in [2.24, 2.45) is 0 Å². The summed E-state index contributed by atoms with van der Waals surface area (Å²) in [5.74, 6) is 0.410. The van der Waals surface area contributed by atoms with Crippen LogP contribution in [0.5, 0.6) is 5.75 Å². The second kappa shape index (κ2) is 6.93. The SMILES string of the molecule is C=C(NNC(=O)COc1ccc([N+](=O)[O-])cc1)c1ccco1. The molecule has 0 saturated carbocycles. The summed E-state index contributed by atoms with van der Waals surface area (Å²) < 4.78 is 10.3. The van der Waals surface area contributed by atoms with Crippen LogP contribution in [0.25, 0.3) is 5.70 Å². The van der Waals surface area contributed by atoms with Crippen LogP contribution in [0.3, 0.4) is 0 Å². The van der Waals surface area contributed by atoms with E-state index in [1.807, 2.05) is 0 Å². The Bertz CT molecular complexity index is 664. The van der Waals surface area contributed by atoms with E-state index >= 15 is 0 Å². The van der Waals surface area contributed by atoms with E-state index in [9.17, 15) is 14.9 Å². The van der Waals surface area contributed by atoms with Crippen molar-refractivity contribution in [2.45, 2.75) is 0 Å². The average Bonchev–Trinajstić information content (AvgIpc) is 3.05. The Morgan fingerprint density at radius 2 is 2.00 bits per heavy atom. The number of nitro benzene ring substituents is 1. The molecule has 0 aliphatic rings. The van der Waals surface area contributed by atoms with Crippen molar-refractivity contribution in [3.05, 3.63) is 65.1 Å². The molecule has 1 aromatic heterocycles. The molecule has 0 radical (unpaired) electrons. The number of rotatable bonds is 7. The zero-order valence-corrected chi connectivity index (χ0v) is 11.4. The lowest BCUT2D eigenvalue weighted by Gasteiger charge is -2.10. The maximum atomic E-state index is 11.6. The quantitative estimate of drug-likeness (QED) is 0.597. The molecule has 2 aromatic rings. The molecule has 0 unspecified atom stereocenters. The van der Waals surface area contributed by atoms with Crippen molar-refractivity contribution in [1.82, 2.24) is 10.9 Å². The number of benzene rings is 1. The minimum atomic E-state index is -0.513. The minimum Gasteiger partial charge on any atom is -0.484 e. The van der Waals surface area contributed by atoms with E-state index in [1.165, 1.54) is 30.5 Å². The normalized spacial score (nSPS) is 9.82. The van der Waals surface area contributed by atoms with Crippen LogP contribution in [0.1, 0.15) is 5.76 Å². The van der Waals surface area contributed by atoms with Gasteiger partial charge in [0.15, 0.2) is 12.4 Å². The van der Waals surface area contributed by atoms with Crippen molar-refractivity contribution in [3.63, 3.8) is 0 Å². The lowest BCUT2D eigenvalue weighted by molar-refractivity contribution is -0.384. The molecule has 0 spiro atoms. The van der Waals surface area contributed by atoms with Gasteiger partial charge in [0, 0.05) is 12.1 Å². The van der Waals surface area contributed by atoms with E-state index in [-0.39, 0.29) is 12.3 Å². The zero-order valence-electron chi connectivity index (χ0n) is 11.4. The topological polar surface area (TPSA) is 107 Å². The van der Waals surface area contributed by atoms with Crippen molar-refractivity contribution < 1.29 is 18.9 Å². The molecule has 0 atom stereocenters. The third-order valence-corrected chi connectivity index (χ3v) is 2.59. The van der Waals surface area contributed by atoms with Crippen LogP contribution in [0.4, 0.5) is 5.69 Å². The number of hydrazine groups is 1. The number of carbonyl (C=O) groups is 1. The summed E-state index contributed by atoms with van der Waals surface area (Å²) in [5, 5.41) is 10.5. The van der Waals surface area contributed by atoms with Crippen LogP contribution in [0, 0.1) is 10.1 Å². The molecule has 1 amide bonds. The van der Waals surface area contributed by atoms with Crippen molar-refractivity contribution >= 4 is 17.3 Å². The lowest BCUT2D eigenvalue weighted by atomic mass is 10.3. The standard InChI is InChI=1S/C14H13N3O5/c1-10(13-3-2-8-21-13)15-16-14(18)9-22-12-6-4-11(5-7-12)17(19)20/h2-8,15H,1,9H2,(H,16,18). The summed E-state index contributed by atoms with van der Waals surface area (Å²) in [6, 6.07) is 8.81. The van der Waals surface area contributed by atoms with Crippen molar-refractivity contribution in [1.29, 1.82) is 0 Å². The Hall–Kier alpha value is -3.29. The van der Waals surface area contributed by atoms with Crippen molar-refractivity contribution in [3.8, 4) is 5.75 Å². The summed E-state index contributed by atoms with van der Waals surface area (Å²) in [7, 11) is 0. The van der Waals surface area contributed by atoms with Crippen LogP contribution in [0.2, 0.25) is 0 Å². The van der Waals surface area contributed by atoms with Crippen LogP contribution in [0.15, 0.2) is 53.7 Å². The lowest BCUT2D eigenvalue weighted by Crippen LogP contribution is -2.38. The Morgan fingerprint density at radius 1 is 1.27 bits per heavy atom. The highest BCUT2D eigenvalue weighted by molar-refractivity contribution is 5.78. The second-order valence-corrected chi connectivity index (χ2v) is 4.17. The van der Waals surface area contributed by atoms with Gasteiger partial charge in [0.05, 0.1) is 16.9 Å². The monoisotopic (exact) mass is 303 g/mol. The minimum absolute atomic E-state index is 0.0479. The van der Waals surface area contributed by atoms with E-state index in [0.717, 1.165) is 0 Å². The average molecular weight is 303 g/mol. The highest BCUT2D eigenvalue weighted by Crippen LogP contribution is 2.17. The predicted octanol–water partition coefficient (Wildman–Crippen LogP) is 1.86. The van der Waals surface area contributed by atoms with Gasteiger partial charge in [0.25, 0.3) is 11.6 Å². The van der Waals surface area contributed by atoms with Gasteiger partial charge in [-0.25, -0.2) is 0 Å². The summed E-state index contributed by atoms with van der Waals surface area (Å²) in [4.78, 5) is 21.6. The second-order valence-electron chi connectivity index (χ2n) is 4.17. The fraction of sp³-hybridized carbons (Fsp3) is 0.0714. The third-order valence-electron chi connectivity index (χ3n) is 2.59. The van der Waals surface area contributed by atoms with Gasteiger partial charge in [-0.3, -0.25) is 25.8 Å². The molecule has 8 heteroatoms. The predicted molar refractivity (Wildman–Crippen MR) is 77.6 cm³/mol. The summed E-state index contributed by atoms with van der Waals surface area (Å²) >= 11 is 0. The molecule has 1 heterocycles. The van der Waals surface area contributed by atoms with Crippen molar-refractivity contribution in [2.75, 3.05) is 6.61 Å². The fourth-order valence-electron chi connectivity index (χ4n) is 1.51. The number of furan rings is 1. The number of nitrogens with zero attached hydrogens (tertiary/aromatic N) is 1. The van der Waals surface area contributed by atoms with Gasteiger partial charge >= 0.3 is 0 Å². The number of hydrogen-bond donors (Lipinski definition) is 2. The van der Waals surface area contributed by atoms with E-state index in [2.05, 4.69) is 17.4 Å². The van der Waals surface area contributed by atoms with Crippen LogP contribution in [-0.2, 0) is 4.79 Å². The first-order valence-electron chi connectivity index (χ1n) is 6.21. The Kier molecular flexibility index (Phi) is 4.76. The molecule has 0 aliphatic heterocycles. The molecular weight excluding hydrogens is 290 g/mol. The van der Waals surface area contributed by atoms with Gasteiger partial charge in [-0.1, -0.05) is 6.58 Å². The Balaban J connectivity index is 1.75. The smallest absolute Gasteiger partial charge is 0.276 e.